The lowest BCUT2D eigenvalue weighted by Crippen LogP contribution is -2.38. The summed E-state index contributed by atoms with van der Waals surface area (Å²) in [4.78, 5) is 26.5. The zero-order valence-electron chi connectivity index (χ0n) is 10.2. The van der Waals surface area contributed by atoms with Gasteiger partial charge in [0.2, 0.25) is 0 Å². The van der Waals surface area contributed by atoms with E-state index < -0.39 is 6.03 Å². The van der Waals surface area contributed by atoms with E-state index >= 15 is 0 Å². The third-order valence-corrected chi connectivity index (χ3v) is 3.33. The Hall–Kier alpha value is -1.75. The SMILES string of the molecule is CC1CN(C(=O)Nc2ccccc2Cl)C(=O)N1C. The van der Waals surface area contributed by atoms with E-state index in [9.17, 15) is 9.59 Å². The van der Waals surface area contributed by atoms with E-state index in [1.807, 2.05) is 6.92 Å². The van der Waals surface area contributed by atoms with Crippen molar-refractivity contribution in [2.24, 2.45) is 0 Å². The van der Waals surface area contributed by atoms with Crippen molar-refractivity contribution in [3.63, 3.8) is 0 Å². The number of halogens is 1. The average molecular weight is 268 g/mol. The van der Waals surface area contributed by atoms with E-state index in [4.69, 9.17) is 11.6 Å². The first-order valence-electron chi connectivity index (χ1n) is 5.60. The molecule has 18 heavy (non-hydrogen) atoms. The standard InChI is InChI=1S/C12H14ClN3O2/c1-8-7-16(12(18)15(8)2)11(17)14-10-6-4-3-5-9(10)13/h3-6,8H,7H2,1-2H3,(H,14,17). The smallest absolute Gasteiger partial charge is 0.323 e. The van der Waals surface area contributed by atoms with Crippen LogP contribution in [0, 0.1) is 0 Å². The molecule has 96 valence electrons. The summed E-state index contributed by atoms with van der Waals surface area (Å²) in [6, 6.07) is 6.17. The minimum absolute atomic E-state index is 0.0227. The summed E-state index contributed by atoms with van der Waals surface area (Å²) in [5, 5.41) is 3.07. The average Bonchev–Trinajstić information content (AvgIpc) is 2.60. The highest BCUT2D eigenvalue weighted by atomic mass is 35.5. The van der Waals surface area contributed by atoms with Crippen molar-refractivity contribution in [3.8, 4) is 0 Å². The molecule has 0 aliphatic carbocycles. The van der Waals surface area contributed by atoms with Crippen LogP contribution in [0.4, 0.5) is 15.3 Å². The van der Waals surface area contributed by atoms with Gasteiger partial charge in [0.25, 0.3) is 0 Å². The van der Waals surface area contributed by atoms with Crippen LogP contribution in [0.25, 0.3) is 0 Å². The Morgan fingerprint density at radius 3 is 2.67 bits per heavy atom. The second kappa shape index (κ2) is 4.86. The lowest BCUT2D eigenvalue weighted by atomic mass is 10.3. The van der Waals surface area contributed by atoms with E-state index in [1.165, 1.54) is 9.80 Å². The van der Waals surface area contributed by atoms with Gasteiger partial charge >= 0.3 is 12.1 Å². The number of hydrogen-bond donors (Lipinski definition) is 1. The van der Waals surface area contributed by atoms with Gasteiger partial charge in [0.15, 0.2) is 0 Å². The molecule has 1 atom stereocenters. The predicted molar refractivity (Wildman–Crippen MR) is 69.8 cm³/mol. The molecule has 1 aliphatic heterocycles. The number of imide groups is 1. The van der Waals surface area contributed by atoms with E-state index in [2.05, 4.69) is 5.32 Å². The third-order valence-electron chi connectivity index (χ3n) is 3.00. The number of likely N-dealkylation sites (N-methyl/N-ethyl adjacent to an activating group) is 1. The number of benzene rings is 1. The second-order valence-corrected chi connectivity index (χ2v) is 4.67. The van der Waals surface area contributed by atoms with Crippen LogP contribution in [-0.4, -0.2) is 41.5 Å². The molecule has 4 amide bonds. The molecule has 1 unspecified atom stereocenters. The Balaban J connectivity index is 2.10. The van der Waals surface area contributed by atoms with Gasteiger partial charge < -0.3 is 10.2 Å². The Morgan fingerprint density at radius 1 is 1.44 bits per heavy atom. The van der Waals surface area contributed by atoms with Crippen molar-refractivity contribution in [2.45, 2.75) is 13.0 Å². The molecule has 6 heteroatoms. The number of rotatable bonds is 1. The molecule has 1 aliphatic rings. The topological polar surface area (TPSA) is 52.7 Å². The zero-order valence-corrected chi connectivity index (χ0v) is 10.9. The van der Waals surface area contributed by atoms with Crippen LogP contribution in [0.3, 0.4) is 0 Å². The number of nitrogens with zero attached hydrogens (tertiary/aromatic N) is 2. The summed E-state index contributed by atoms with van der Waals surface area (Å²) in [7, 11) is 1.68. The van der Waals surface area contributed by atoms with Gasteiger partial charge in [0.1, 0.15) is 0 Å². The van der Waals surface area contributed by atoms with Crippen molar-refractivity contribution in [3.05, 3.63) is 29.3 Å². The fourth-order valence-electron chi connectivity index (χ4n) is 1.76. The number of hydrogen-bond acceptors (Lipinski definition) is 2. The minimum atomic E-state index is -0.454. The van der Waals surface area contributed by atoms with Gasteiger partial charge in [-0.05, 0) is 19.1 Å². The van der Waals surface area contributed by atoms with Crippen LogP contribution >= 0.6 is 11.6 Å². The fourth-order valence-corrected chi connectivity index (χ4v) is 1.94. The molecule has 0 aromatic heterocycles. The first kappa shape index (κ1) is 12.7. The highest BCUT2D eigenvalue weighted by Crippen LogP contribution is 2.22. The summed E-state index contributed by atoms with van der Waals surface area (Å²) in [5.74, 6) is 0. The monoisotopic (exact) mass is 267 g/mol. The predicted octanol–water partition coefficient (Wildman–Crippen LogP) is 2.63. The highest BCUT2D eigenvalue weighted by molar-refractivity contribution is 6.33. The van der Waals surface area contributed by atoms with Gasteiger partial charge in [-0.15, -0.1) is 0 Å². The minimum Gasteiger partial charge on any atom is -0.323 e. The maximum atomic E-state index is 12.0. The van der Waals surface area contributed by atoms with Gasteiger partial charge in [-0.25, -0.2) is 14.5 Å². The van der Waals surface area contributed by atoms with Crippen molar-refractivity contribution < 1.29 is 9.59 Å². The van der Waals surface area contributed by atoms with Gasteiger partial charge in [-0.1, -0.05) is 23.7 Å². The maximum Gasteiger partial charge on any atom is 0.330 e. The molecular weight excluding hydrogens is 254 g/mol. The summed E-state index contributed by atoms with van der Waals surface area (Å²) in [6.07, 6.45) is 0. The molecule has 1 N–H and O–H groups in total. The van der Waals surface area contributed by atoms with Crippen LogP contribution in [0.15, 0.2) is 24.3 Å². The molecule has 1 heterocycles. The molecule has 0 bridgehead atoms. The van der Waals surface area contributed by atoms with Gasteiger partial charge in [0, 0.05) is 13.1 Å². The van der Waals surface area contributed by atoms with Crippen molar-refractivity contribution in [2.75, 3.05) is 18.9 Å². The van der Waals surface area contributed by atoms with Crippen LogP contribution in [0.5, 0.6) is 0 Å². The quantitative estimate of drug-likeness (QED) is 0.850. The van der Waals surface area contributed by atoms with E-state index in [0.29, 0.717) is 17.3 Å². The number of carbonyl (C=O) groups excluding carboxylic acids is 2. The molecule has 0 saturated carbocycles. The molecule has 0 radical (unpaired) electrons. The zero-order chi connectivity index (χ0) is 13.3. The number of carbonyl (C=O) groups is 2. The molecule has 1 saturated heterocycles. The Kier molecular flexibility index (Phi) is 3.43. The van der Waals surface area contributed by atoms with Crippen LogP contribution < -0.4 is 5.32 Å². The largest absolute Gasteiger partial charge is 0.330 e. The van der Waals surface area contributed by atoms with E-state index in [-0.39, 0.29) is 12.1 Å². The fraction of sp³-hybridized carbons (Fsp3) is 0.333. The first-order valence-corrected chi connectivity index (χ1v) is 5.98. The molecule has 0 spiro atoms. The number of amides is 4. The van der Waals surface area contributed by atoms with E-state index in [0.717, 1.165) is 0 Å². The van der Waals surface area contributed by atoms with Crippen LogP contribution in [0.2, 0.25) is 5.02 Å². The first-order chi connectivity index (χ1) is 8.50. The molecule has 2 rings (SSSR count). The maximum absolute atomic E-state index is 12.0. The van der Waals surface area contributed by atoms with Crippen LogP contribution in [0.1, 0.15) is 6.92 Å². The third kappa shape index (κ3) is 2.26. The summed E-state index contributed by atoms with van der Waals surface area (Å²) in [6.45, 7) is 2.27. The molecule has 1 aromatic carbocycles. The normalized spacial score (nSPS) is 19.3. The van der Waals surface area contributed by atoms with Crippen LogP contribution in [-0.2, 0) is 0 Å². The van der Waals surface area contributed by atoms with Gasteiger partial charge in [0.05, 0.1) is 17.3 Å². The molecular formula is C12H14ClN3O2. The number of urea groups is 2. The van der Waals surface area contributed by atoms with Crippen molar-refractivity contribution in [1.82, 2.24) is 9.80 Å². The molecule has 1 aromatic rings. The Bertz CT molecular complexity index is 492. The van der Waals surface area contributed by atoms with Crippen molar-refractivity contribution in [1.29, 1.82) is 0 Å². The number of nitrogens with one attached hydrogen (secondary N) is 1. The van der Waals surface area contributed by atoms with Crippen molar-refractivity contribution >= 4 is 29.4 Å². The molecule has 1 fully saturated rings. The number of para-hydroxylation sites is 1. The lowest BCUT2D eigenvalue weighted by Gasteiger charge is -2.15. The summed E-state index contributed by atoms with van der Waals surface area (Å²) < 4.78 is 0. The van der Waals surface area contributed by atoms with Gasteiger partial charge in [-0.2, -0.15) is 0 Å². The van der Waals surface area contributed by atoms with Gasteiger partial charge in [-0.3, -0.25) is 0 Å². The highest BCUT2D eigenvalue weighted by Gasteiger charge is 2.35. The van der Waals surface area contributed by atoms with E-state index in [1.54, 1.807) is 31.3 Å². The summed E-state index contributed by atoms with van der Waals surface area (Å²) >= 11 is 5.94. The second-order valence-electron chi connectivity index (χ2n) is 4.26. The molecule has 5 nitrogen and oxygen atoms in total. The number of anilines is 1. The summed E-state index contributed by atoms with van der Waals surface area (Å²) in [5.41, 5.74) is 0.499. The lowest BCUT2D eigenvalue weighted by molar-refractivity contribution is 0.194. The Morgan fingerprint density at radius 2 is 2.11 bits per heavy atom. The Labute approximate surface area is 110 Å².